The van der Waals surface area contributed by atoms with Gasteiger partial charge in [0, 0.05) is 15.3 Å². The highest BCUT2D eigenvalue weighted by Crippen LogP contribution is 2.21. The molecule has 0 aliphatic carbocycles. The summed E-state index contributed by atoms with van der Waals surface area (Å²) >= 11 is 2.32. The molecule has 0 spiro atoms. The van der Waals surface area contributed by atoms with Gasteiger partial charge in [-0.2, -0.15) is 0 Å². The number of anilines is 1. The Labute approximate surface area is 133 Å². The van der Waals surface area contributed by atoms with E-state index in [-0.39, 0.29) is 5.91 Å². The Bertz CT molecular complexity index is 624. The molecule has 1 N–H and O–H groups in total. The molecule has 2 rings (SSSR count). The van der Waals surface area contributed by atoms with E-state index < -0.39 is 0 Å². The molecule has 0 saturated heterocycles. The van der Waals surface area contributed by atoms with Crippen molar-refractivity contribution in [3.63, 3.8) is 0 Å². The van der Waals surface area contributed by atoms with Gasteiger partial charge in [0.05, 0.1) is 0 Å². The van der Waals surface area contributed by atoms with Crippen LogP contribution in [0.15, 0.2) is 48.5 Å². The summed E-state index contributed by atoms with van der Waals surface area (Å²) in [5, 5.41) is 2.89. The molecule has 0 heterocycles. The minimum absolute atomic E-state index is 0.117. The summed E-state index contributed by atoms with van der Waals surface area (Å²) in [4.78, 5) is 11.9. The highest BCUT2D eigenvalue weighted by Gasteiger charge is 2.04. The van der Waals surface area contributed by atoms with Crippen molar-refractivity contribution >= 4 is 40.3 Å². The average Bonchev–Trinajstić information content (AvgIpc) is 2.43. The minimum atomic E-state index is -0.117. The van der Waals surface area contributed by atoms with Crippen molar-refractivity contribution < 1.29 is 4.79 Å². The third-order valence-electron chi connectivity index (χ3n) is 2.93. The Morgan fingerprint density at radius 3 is 2.30 bits per heavy atom. The fourth-order valence-corrected chi connectivity index (χ4v) is 2.25. The van der Waals surface area contributed by atoms with Crippen molar-refractivity contribution in [2.45, 2.75) is 13.8 Å². The third kappa shape index (κ3) is 3.93. The Balaban J connectivity index is 2.07. The van der Waals surface area contributed by atoms with Crippen LogP contribution in [0.25, 0.3) is 6.08 Å². The first kappa shape index (κ1) is 14.8. The largest absolute Gasteiger partial charge is 0.322 e. The van der Waals surface area contributed by atoms with Gasteiger partial charge in [0.1, 0.15) is 0 Å². The molecule has 2 nitrogen and oxygen atoms in total. The normalized spacial score (nSPS) is 10.8. The summed E-state index contributed by atoms with van der Waals surface area (Å²) < 4.78 is 1.24. The van der Waals surface area contributed by atoms with E-state index in [9.17, 15) is 4.79 Å². The number of hydrogen-bond donors (Lipinski definition) is 1. The van der Waals surface area contributed by atoms with Gasteiger partial charge in [0.25, 0.3) is 0 Å². The van der Waals surface area contributed by atoms with Gasteiger partial charge in [0.15, 0.2) is 0 Å². The van der Waals surface area contributed by atoms with E-state index in [2.05, 4.69) is 27.9 Å². The molecule has 0 aliphatic rings. The van der Waals surface area contributed by atoms with Gasteiger partial charge in [-0.3, -0.25) is 4.79 Å². The topological polar surface area (TPSA) is 29.1 Å². The fourth-order valence-electron chi connectivity index (χ4n) is 1.94. The Morgan fingerprint density at radius 2 is 1.70 bits per heavy atom. The minimum Gasteiger partial charge on any atom is -0.322 e. The van der Waals surface area contributed by atoms with Crippen LogP contribution in [0.4, 0.5) is 5.69 Å². The number of nitrogens with one attached hydrogen (secondary N) is 1. The Hall–Kier alpha value is -1.62. The van der Waals surface area contributed by atoms with Crippen molar-refractivity contribution in [3.8, 4) is 0 Å². The van der Waals surface area contributed by atoms with Crippen LogP contribution in [-0.4, -0.2) is 5.91 Å². The van der Waals surface area contributed by atoms with Crippen molar-refractivity contribution in [2.75, 3.05) is 5.32 Å². The first-order valence-electron chi connectivity index (χ1n) is 6.37. The van der Waals surface area contributed by atoms with E-state index >= 15 is 0 Å². The first-order chi connectivity index (χ1) is 9.56. The number of hydrogen-bond acceptors (Lipinski definition) is 1. The summed E-state index contributed by atoms with van der Waals surface area (Å²) in [5.74, 6) is -0.117. The van der Waals surface area contributed by atoms with E-state index in [0.29, 0.717) is 0 Å². The zero-order chi connectivity index (χ0) is 14.5. The second-order valence-corrected chi connectivity index (χ2v) is 5.74. The van der Waals surface area contributed by atoms with Gasteiger partial charge in [-0.25, -0.2) is 0 Å². The molecule has 0 bridgehead atoms. The van der Waals surface area contributed by atoms with Crippen LogP contribution >= 0.6 is 22.6 Å². The molecule has 2 aromatic carbocycles. The number of amides is 1. The molecule has 0 radical (unpaired) electrons. The van der Waals surface area contributed by atoms with E-state index in [1.165, 1.54) is 14.7 Å². The predicted octanol–water partition coefficient (Wildman–Crippen LogP) is 4.56. The zero-order valence-electron chi connectivity index (χ0n) is 11.5. The molecule has 20 heavy (non-hydrogen) atoms. The van der Waals surface area contributed by atoms with Crippen LogP contribution in [0.2, 0.25) is 0 Å². The van der Waals surface area contributed by atoms with Crippen molar-refractivity contribution in [1.82, 2.24) is 0 Å². The van der Waals surface area contributed by atoms with Gasteiger partial charge in [-0.05, 0) is 71.3 Å². The maximum absolute atomic E-state index is 11.9. The summed E-state index contributed by atoms with van der Waals surface area (Å²) in [7, 11) is 0. The molecule has 1 amide bonds. The second-order valence-electron chi connectivity index (χ2n) is 4.66. The maximum atomic E-state index is 11.9. The van der Waals surface area contributed by atoms with Gasteiger partial charge >= 0.3 is 0 Å². The van der Waals surface area contributed by atoms with Gasteiger partial charge in [0.2, 0.25) is 5.91 Å². The maximum Gasteiger partial charge on any atom is 0.248 e. The lowest BCUT2D eigenvalue weighted by Gasteiger charge is -2.08. The summed E-state index contributed by atoms with van der Waals surface area (Å²) in [6, 6.07) is 13.7. The highest BCUT2D eigenvalue weighted by molar-refractivity contribution is 14.1. The van der Waals surface area contributed by atoms with Gasteiger partial charge in [-0.1, -0.05) is 30.3 Å². The van der Waals surface area contributed by atoms with E-state index in [0.717, 1.165) is 11.3 Å². The van der Waals surface area contributed by atoms with Crippen molar-refractivity contribution in [2.24, 2.45) is 0 Å². The molecular weight excluding hydrogens is 361 g/mol. The van der Waals surface area contributed by atoms with Crippen LogP contribution in [0.5, 0.6) is 0 Å². The van der Waals surface area contributed by atoms with Crippen LogP contribution < -0.4 is 5.32 Å². The lowest BCUT2D eigenvalue weighted by molar-refractivity contribution is -0.111. The molecule has 0 fully saturated rings. The molecule has 3 heteroatoms. The Morgan fingerprint density at radius 1 is 1.10 bits per heavy atom. The first-order valence-corrected chi connectivity index (χ1v) is 7.45. The van der Waals surface area contributed by atoms with Gasteiger partial charge < -0.3 is 5.32 Å². The molecule has 0 aromatic heterocycles. The van der Waals surface area contributed by atoms with E-state index in [4.69, 9.17) is 0 Å². The molecule has 2 aromatic rings. The molecule has 0 unspecified atom stereocenters. The molecule has 0 atom stereocenters. The van der Waals surface area contributed by atoms with Crippen molar-refractivity contribution in [3.05, 3.63) is 68.8 Å². The zero-order valence-corrected chi connectivity index (χ0v) is 13.6. The Kier molecular flexibility index (Phi) is 4.95. The third-order valence-corrected chi connectivity index (χ3v) is 4.63. The fraction of sp³-hybridized carbons (Fsp3) is 0.118. The molecular formula is C17H16INO. The number of aryl methyl sites for hydroxylation is 2. The summed E-state index contributed by atoms with van der Waals surface area (Å²) in [6.45, 7) is 4.09. The molecule has 0 saturated carbocycles. The molecule has 0 aliphatic heterocycles. The van der Waals surface area contributed by atoms with Crippen LogP contribution in [0.3, 0.4) is 0 Å². The SMILES string of the molecule is Cc1cc(NC(=O)/C=C/c2ccccc2)cc(C)c1I. The monoisotopic (exact) mass is 377 g/mol. The second kappa shape index (κ2) is 6.70. The van der Waals surface area contributed by atoms with E-state index in [1.807, 2.05) is 62.4 Å². The number of carbonyl (C=O) groups is 1. The van der Waals surface area contributed by atoms with Crippen molar-refractivity contribution in [1.29, 1.82) is 0 Å². The van der Waals surface area contributed by atoms with Gasteiger partial charge in [-0.15, -0.1) is 0 Å². The summed E-state index contributed by atoms with van der Waals surface area (Å²) in [5.41, 5.74) is 4.20. The summed E-state index contributed by atoms with van der Waals surface area (Å²) in [6.07, 6.45) is 3.36. The standard InChI is InChI=1S/C17H16INO/c1-12-10-15(11-13(2)17(12)18)19-16(20)9-8-14-6-4-3-5-7-14/h3-11H,1-2H3,(H,19,20)/b9-8+. The predicted molar refractivity (Wildman–Crippen MR) is 92.7 cm³/mol. The van der Waals surface area contributed by atoms with Crippen LogP contribution in [0.1, 0.15) is 16.7 Å². The smallest absolute Gasteiger partial charge is 0.248 e. The van der Waals surface area contributed by atoms with E-state index in [1.54, 1.807) is 6.08 Å². The highest BCUT2D eigenvalue weighted by atomic mass is 127. The lowest BCUT2D eigenvalue weighted by atomic mass is 10.1. The lowest BCUT2D eigenvalue weighted by Crippen LogP contribution is -2.08. The average molecular weight is 377 g/mol. The number of halogens is 1. The number of carbonyl (C=O) groups excluding carboxylic acids is 1. The number of benzene rings is 2. The molecule has 102 valence electrons. The van der Waals surface area contributed by atoms with Crippen LogP contribution in [-0.2, 0) is 4.79 Å². The van der Waals surface area contributed by atoms with Crippen LogP contribution in [0, 0.1) is 17.4 Å². The quantitative estimate of drug-likeness (QED) is 0.617. The number of rotatable bonds is 3.